The number of hydrogen-bond donors (Lipinski definition) is 0. The van der Waals surface area contributed by atoms with Gasteiger partial charge in [-0.25, -0.2) is 0 Å². The number of benzene rings is 4. The second kappa shape index (κ2) is 11.6. The number of ketones is 1. The Kier molecular flexibility index (Phi) is 7.82. The molecule has 0 aliphatic heterocycles. The van der Waals surface area contributed by atoms with Crippen molar-refractivity contribution in [3.63, 3.8) is 0 Å². The van der Waals surface area contributed by atoms with Crippen LogP contribution in [0.15, 0.2) is 118 Å². The van der Waals surface area contributed by atoms with Gasteiger partial charge < -0.3 is 0 Å². The van der Waals surface area contributed by atoms with Gasteiger partial charge in [0.1, 0.15) is 29.3 Å². The molecule has 0 saturated carbocycles. The molecule has 11 heteroatoms. The zero-order chi connectivity index (χ0) is 26.1. The lowest BCUT2D eigenvalue weighted by molar-refractivity contribution is 0.102. The second-order valence-electron chi connectivity index (χ2n) is 7.88. The Bertz CT molecular complexity index is 1450. The van der Waals surface area contributed by atoms with Gasteiger partial charge in [0, 0.05) is 37.4 Å². The maximum absolute atomic E-state index is 13.8. The van der Waals surface area contributed by atoms with Crippen molar-refractivity contribution in [1.29, 1.82) is 0 Å². The van der Waals surface area contributed by atoms with Crippen LogP contribution in [-0.2, 0) is 0 Å². The molecule has 0 unspecified atom stereocenters. The van der Waals surface area contributed by atoms with Gasteiger partial charge in [-0.05, 0) is 53.0 Å². The van der Waals surface area contributed by atoms with Gasteiger partial charge in [-0.15, -0.1) is 0 Å². The summed E-state index contributed by atoms with van der Waals surface area (Å²) in [5.41, 5.74) is 28.9. The molecule has 0 heterocycles. The fraction of sp³-hybridized carbons (Fsp3) is 0.0385. The summed E-state index contributed by atoms with van der Waals surface area (Å²) in [6, 6.07) is 30.3. The van der Waals surface area contributed by atoms with E-state index in [0.717, 1.165) is 15.9 Å². The zero-order valence-corrected chi connectivity index (χ0v) is 20.3. The Hall–Kier alpha value is -5.09. The summed E-state index contributed by atoms with van der Waals surface area (Å²) >= 11 is 0. The molecule has 4 rings (SSSR count). The Balaban J connectivity index is 2.09. The SMILES string of the molecule is [N-]=[N+]=Nc1cccc([P+](CC(=O)c2ccccc2)(c2cccc(N=[N+]=[N-])c2)c2cccc(N=[N+]=[N-])c2)c1. The monoisotopic (exact) mass is 504 g/mol. The number of azide groups is 3. The first kappa shape index (κ1) is 25.0. The molecular formula is C26H19N9OP+. The van der Waals surface area contributed by atoms with E-state index in [1.165, 1.54) is 0 Å². The first-order valence-electron chi connectivity index (χ1n) is 11.0. The largest absolute Gasteiger partial charge is 0.290 e. The fourth-order valence-electron chi connectivity index (χ4n) is 4.18. The van der Waals surface area contributed by atoms with Gasteiger partial charge in [0.15, 0.2) is 0 Å². The standard InChI is InChI=1S/C26H19N9OP/c27-33-30-20-9-4-12-23(15-20)37(18-26(36)19-7-2-1-3-8-19,24-13-5-10-21(16-24)31-34-28)25-14-6-11-22(17-25)32-35-29/h1-17H,18H2/q+1. The van der Waals surface area contributed by atoms with Crippen molar-refractivity contribution in [1.82, 2.24) is 0 Å². The molecule has 0 atom stereocenters. The van der Waals surface area contributed by atoms with E-state index < -0.39 is 7.26 Å². The molecule has 0 aliphatic rings. The maximum atomic E-state index is 13.8. The van der Waals surface area contributed by atoms with Gasteiger partial charge in [0.25, 0.3) is 0 Å². The molecule has 4 aromatic carbocycles. The van der Waals surface area contributed by atoms with Crippen molar-refractivity contribution in [2.75, 3.05) is 6.16 Å². The van der Waals surface area contributed by atoms with Crippen molar-refractivity contribution >= 4 is 46.0 Å². The van der Waals surface area contributed by atoms with Crippen LogP contribution in [0.3, 0.4) is 0 Å². The summed E-state index contributed by atoms with van der Waals surface area (Å²) in [5.74, 6) is -0.0912. The maximum Gasteiger partial charge on any atom is 0.201 e. The number of Topliss-reactive ketones (excluding diaryl/α,β-unsaturated/α-hetero) is 1. The van der Waals surface area contributed by atoms with E-state index in [1.54, 1.807) is 78.9 Å². The third kappa shape index (κ3) is 5.44. The van der Waals surface area contributed by atoms with Crippen LogP contribution in [0.5, 0.6) is 0 Å². The van der Waals surface area contributed by atoms with Gasteiger partial charge in [0.05, 0.1) is 0 Å². The van der Waals surface area contributed by atoms with Crippen LogP contribution in [0.1, 0.15) is 10.4 Å². The van der Waals surface area contributed by atoms with E-state index in [2.05, 4.69) is 30.1 Å². The summed E-state index contributed by atoms with van der Waals surface area (Å²) in [6.45, 7) is 0. The Morgan fingerprint density at radius 3 is 1.38 bits per heavy atom. The van der Waals surface area contributed by atoms with E-state index >= 15 is 0 Å². The minimum Gasteiger partial charge on any atom is -0.290 e. The topological polar surface area (TPSA) is 163 Å². The van der Waals surface area contributed by atoms with Crippen LogP contribution < -0.4 is 15.9 Å². The molecule has 0 saturated heterocycles. The Morgan fingerprint density at radius 1 is 0.595 bits per heavy atom. The first-order valence-corrected chi connectivity index (χ1v) is 13.0. The van der Waals surface area contributed by atoms with Gasteiger partial charge in [-0.1, -0.05) is 82.1 Å². The molecule has 4 aromatic rings. The predicted octanol–water partition coefficient (Wildman–Crippen LogP) is 7.69. The molecule has 10 nitrogen and oxygen atoms in total. The molecule has 0 fully saturated rings. The smallest absolute Gasteiger partial charge is 0.201 e. The van der Waals surface area contributed by atoms with E-state index in [1.807, 2.05) is 24.3 Å². The average molecular weight is 504 g/mol. The number of carbonyl (C=O) groups is 1. The minimum atomic E-state index is -2.83. The van der Waals surface area contributed by atoms with Crippen molar-refractivity contribution in [2.45, 2.75) is 0 Å². The van der Waals surface area contributed by atoms with Gasteiger partial charge >= 0.3 is 0 Å². The average Bonchev–Trinajstić information content (AvgIpc) is 2.93. The number of carbonyl (C=O) groups excluding carboxylic acids is 1. The van der Waals surface area contributed by atoms with E-state index in [0.29, 0.717) is 22.6 Å². The quantitative estimate of drug-likeness (QED) is 0.0737. The molecule has 37 heavy (non-hydrogen) atoms. The summed E-state index contributed by atoms with van der Waals surface area (Å²) in [4.78, 5) is 22.6. The third-order valence-corrected chi connectivity index (χ3v) is 10.0. The molecule has 178 valence electrons. The highest BCUT2D eigenvalue weighted by Gasteiger charge is 2.48. The van der Waals surface area contributed by atoms with Crippen LogP contribution in [-0.4, -0.2) is 11.9 Å². The molecule has 0 aromatic heterocycles. The lowest BCUT2D eigenvalue weighted by Gasteiger charge is -2.28. The van der Waals surface area contributed by atoms with Crippen LogP contribution in [0.2, 0.25) is 0 Å². The second-order valence-corrected chi connectivity index (χ2v) is 11.4. The molecule has 0 aliphatic carbocycles. The van der Waals surface area contributed by atoms with Crippen LogP contribution in [0.25, 0.3) is 31.3 Å². The first-order chi connectivity index (χ1) is 18.1. The van der Waals surface area contributed by atoms with Gasteiger partial charge in [-0.3, -0.25) is 4.79 Å². The van der Waals surface area contributed by atoms with Gasteiger partial charge in [-0.2, -0.15) is 0 Å². The van der Waals surface area contributed by atoms with Crippen molar-refractivity contribution in [3.8, 4) is 0 Å². The van der Waals surface area contributed by atoms with Gasteiger partial charge in [0.2, 0.25) is 5.78 Å². The highest BCUT2D eigenvalue weighted by Crippen LogP contribution is 2.56. The molecule has 0 bridgehead atoms. The van der Waals surface area contributed by atoms with Crippen molar-refractivity contribution in [3.05, 3.63) is 140 Å². The number of rotatable bonds is 9. The molecule has 0 radical (unpaired) electrons. The van der Waals surface area contributed by atoms with Crippen LogP contribution >= 0.6 is 7.26 Å². The van der Waals surface area contributed by atoms with E-state index in [9.17, 15) is 4.79 Å². The lowest BCUT2D eigenvalue weighted by atomic mass is 10.2. The summed E-state index contributed by atoms with van der Waals surface area (Å²) in [6.07, 6.45) is 0.0934. The van der Waals surface area contributed by atoms with Crippen LogP contribution in [0, 0.1) is 0 Å². The molecule has 0 amide bonds. The number of hydrogen-bond acceptors (Lipinski definition) is 4. The minimum absolute atomic E-state index is 0.0912. The highest BCUT2D eigenvalue weighted by atomic mass is 31.2. The predicted molar refractivity (Wildman–Crippen MR) is 147 cm³/mol. The zero-order valence-electron chi connectivity index (χ0n) is 19.4. The fourth-order valence-corrected chi connectivity index (χ4v) is 8.32. The van der Waals surface area contributed by atoms with Crippen molar-refractivity contribution < 1.29 is 4.79 Å². The molecular weight excluding hydrogens is 485 g/mol. The van der Waals surface area contributed by atoms with E-state index in [4.69, 9.17) is 16.6 Å². The number of nitrogens with zero attached hydrogens (tertiary/aromatic N) is 9. The van der Waals surface area contributed by atoms with Crippen LogP contribution in [0.4, 0.5) is 17.1 Å². The Labute approximate surface area is 212 Å². The van der Waals surface area contributed by atoms with E-state index in [-0.39, 0.29) is 11.9 Å². The summed E-state index contributed by atoms with van der Waals surface area (Å²) in [5, 5.41) is 13.7. The third-order valence-electron chi connectivity index (χ3n) is 5.77. The molecule has 0 spiro atoms. The lowest BCUT2D eigenvalue weighted by Crippen LogP contribution is -2.35. The Morgan fingerprint density at radius 2 is 1.00 bits per heavy atom. The van der Waals surface area contributed by atoms with Crippen molar-refractivity contribution in [2.24, 2.45) is 15.3 Å². The highest BCUT2D eigenvalue weighted by molar-refractivity contribution is 7.96. The normalized spacial score (nSPS) is 11.7. The molecule has 0 N–H and O–H groups in total. The summed E-state index contributed by atoms with van der Waals surface area (Å²) < 4.78 is 0. The summed E-state index contributed by atoms with van der Waals surface area (Å²) in [7, 11) is -2.83.